The molecule has 5 rings (SSSR count). The first-order valence-electron chi connectivity index (χ1n) is 10.2. The Bertz CT molecular complexity index is 1580. The number of benzene rings is 2. The summed E-state index contributed by atoms with van der Waals surface area (Å²) in [6.45, 7) is 0. The molecule has 0 spiro atoms. The van der Waals surface area contributed by atoms with Gasteiger partial charge in [-0.1, -0.05) is 42.5 Å². The number of aromatic nitrogens is 5. The minimum Gasteiger partial charge on any atom is -0.492 e. The van der Waals surface area contributed by atoms with Crippen molar-refractivity contribution in [1.29, 1.82) is 5.26 Å². The van der Waals surface area contributed by atoms with Gasteiger partial charge in [-0.2, -0.15) is 15.0 Å². The maximum absolute atomic E-state index is 13.4. The molecule has 3 aromatic heterocycles. The van der Waals surface area contributed by atoms with E-state index in [1.807, 2.05) is 18.2 Å². The van der Waals surface area contributed by atoms with Crippen LogP contribution in [0.3, 0.4) is 0 Å². The molecular weight excluding hydrogens is 432 g/mol. The maximum Gasteiger partial charge on any atom is 0.303 e. The number of azo groups is 1. The lowest BCUT2D eigenvalue weighted by Crippen LogP contribution is -2.20. The molecule has 10 heteroatoms. The van der Waals surface area contributed by atoms with Crippen LogP contribution in [0.5, 0.6) is 5.88 Å². The molecule has 1 N–H and O–H groups in total. The van der Waals surface area contributed by atoms with Crippen LogP contribution >= 0.6 is 0 Å². The van der Waals surface area contributed by atoms with E-state index in [9.17, 15) is 15.2 Å². The monoisotopic (exact) mass is 448 g/mol. The minimum absolute atomic E-state index is 0.0822. The summed E-state index contributed by atoms with van der Waals surface area (Å²) in [5.41, 5.74) is 0.354. The maximum atomic E-state index is 13.4. The van der Waals surface area contributed by atoms with E-state index in [1.54, 1.807) is 72.9 Å². The van der Waals surface area contributed by atoms with Gasteiger partial charge in [0.2, 0.25) is 11.6 Å². The van der Waals surface area contributed by atoms with Crippen LogP contribution in [0, 0.1) is 11.3 Å². The van der Waals surface area contributed by atoms with Crippen molar-refractivity contribution in [3.05, 3.63) is 107 Å². The number of aromatic hydroxyl groups is 1. The summed E-state index contributed by atoms with van der Waals surface area (Å²) < 4.78 is 4.00. The lowest BCUT2D eigenvalue weighted by atomic mass is 10.3. The van der Waals surface area contributed by atoms with E-state index in [0.29, 0.717) is 17.2 Å². The van der Waals surface area contributed by atoms with Gasteiger partial charge in [-0.15, -0.1) is 10.2 Å². The lowest BCUT2D eigenvalue weighted by Gasteiger charge is -2.12. The third-order valence-electron chi connectivity index (χ3n) is 4.98. The van der Waals surface area contributed by atoms with Gasteiger partial charge in [0, 0.05) is 6.20 Å². The van der Waals surface area contributed by atoms with Crippen LogP contribution in [-0.2, 0) is 0 Å². The molecule has 0 aliphatic rings. The largest absolute Gasteiger partial charge is 0.492 e. The van der Waals surface area contributed by atoms with Gasteiger partial charge in [0.05, 0.1) is 17.6 Å². The number of pyridine rings is 1. The molecule has 3 heterocycles. The van der Waals surface area contributed by atoms with E-state index in [1.165, 1.54) is 20.2 Å². The van der Waals surface area contributed by atoms with E-state index >= 15 is 0 Å². The van der Waals surface area contributed by atoms with Gasteiger partial charge < -0.3 is 5.11 Å². The van der Waals surface area contributed by atoms with Crippen LogP contribution in [0.25, 0.3) is 17.2 Å². The average Bonchev–Trinajstić information content (AvgIpc) is 3.42. The molecule has 0 aliphatic carbocycles. The predicted molar refractivity (Wildman–Crippen MR) is 123 cm³/mol. The summed E-state index contributed by atoms with van der Waals surface area (Å²) in [6.07, 6.45) is 2.91. The topological polar surface area (TPSA) is 126 Å². The van der Waals surface area contributed by atoms with Crippen molar-refractivity contribution < 1.29 is 5.11 Å². The Kier molecular flexibility index (Phi) is 5.26. The van der Waals surface area contributed by atoms with Crippen molar-refractivity contribution in [2.75, 3.05) is 0 Å². The Morgan fingerprint density at radius 3 is 2.12 bits per heavy atom. The van der Waals surface area contributed by atoms with Gasteiger partial charge in [-0.05, 0) is 36.4 Å². The van der Waals surface area contributed by atoms with Crippen LogP contribution in [0.15, 0.2) is 106 Å². The second-order valence-electron chi connectivity index (χ2n) is 7.07. The van der Waals surface area contributed by atoms with Crippen molar-refractivity contribution in [3.8, 4) is 29.1 Å². The molecule has 10 nitrogen and oxygen atoms in total. The Labute approximate surface area is 192 Å². The SMILES string of the molecule is N#Cc1cnn(-c2ccccn2)c1N=Nc1c(O)n(-c2ccccc2)n(-c2ccccc2)c1=O. The van der Waals surface area contributed by atoms with Crippen LogP contribution in [-0.4, -0.2) is 29.2 Å². The molecule has 0 saturated heterocycles. The van der Waals surface area contributed by atoms with Gasteiger partial charge in [-0.25, -0.2) is 14.3 Å². The second-order valence-corrected chi connectivity index (χ2v) is 7.07. The molecule has 0 amide bonds. The van der Waals surface area contributed by atoms with E-state index in [-0.39, 0.29) is 17.1 Å². The smallest absolute Gasteiger partial charge is 0.303 e. The molecular formula is C24H16N8O2. The first kappa shape index (κ1) is 20.6. The molecule has 0 unspecified atom stereocenters. The third-order valence-corrected chi connectivity index (χ3v) is 4.98. The Morgan fingerprint density at radius 2 is 1.50 bits per heavy atom. The van der Waals surface area contributed by atoms with Crippen LogP contribution in [0.4, 0.5) is 11.5 Å². The zero-order chi connectivity index (χ0) is 23.5. The highest BCUT2D eigenvalue weighted by atomic mass is 16.3. The van der Waals surface area contributed by atoms with E-state index in [2.05, 4.69) is 20.3 Å². The third kappa shape index (κ3) is 3.53. The Morgan fingerprint density at radius 1 is 0.853 bits per heavy atom. The summed E-state index contributed by atoms with van der Waals surface area (Å²) in [6, 6.07) is 25.0. The molecule has 0 radical (unpaired) electrons. The number of hydrogen-bond acceptors (Lipinski definition) is 7. The lowest BCUT2D eigenvalue weighted by molar-refractivity contribution is 0.426. The zero-order valence-electron chi connectivity index (χ0n) is 17.6. The molecule has 164 valence electrons. The van der Waals surface area contributed by atoms with Crippen molar-refractivity contribution in [1.82, 2.24) is 24.1 Å². The van der Waals surface area contributed by atoms with Gasteiger partial charge in [-0.3, -0.25) is 4.79 Å². The fraction of sp³-hybridized carbons (Fsp3) is 0. The fourth-order valence-corrected chi connectivity index (χ4v) is 3.44. The van der Waals surface area contributed by atoms with Gasteiger partial charge >= 0.3 is 5.56 Å². The summed E-state index contributed by atoms with van der Waals surface area (Å²) in [5, 5.41) is 32.9. The Hall–Kier alpha value is -5.30. The van der Waals surface area contributed by atoms with Crippen LogP contribution in [0.1, 0.15) is 5.56 Å². The predicted octanol–water partition coefficient (Wildman–Crippen LogP) is 4.20. The second kappa shape index (κ2) is 8.68. The highest BCUT2D eigenvalue weighted by Crippen LogP contribution is 2.31. The van der Waals surface area contributed by atoms with Gasteiger partial charge in [0.15, 0.2) is 11.6 Å². The molecule has 0 saturated carbocycles. The Balaban J connectivity index is 1.69. The fourth-order valence-electron chi connectivity index (χ4n) is 3.44. The molecule has 0 atom stereocenters. The molecule has 0 aliphatic heterocycles. The van der Waals surface area contributed by atoms with Crippen molar-refractivity contribution in [3.63, 3.8) is 0 Å². The first-order valence-corrected chi connectivity index (χ1v) is 10.2. The molecule has 0 fully saturated rings. The number of nitriles is 1. The average molecular weight is 448 g/mol. The highest BCUT2D eigenvalue weighted by molar-refractivity contribution is 5.55. The number of rotatable bonds is 5. The molecule has 0 bridgehead atoms. The zero-order valence-corrected chi connectivity index (χ0v) is 17.6. The first-order chi connectivity index (χ1) is 16.7. The number of para-hydroxylation sites is 2. The highest BCUT2D eigenvalue weighted by Gasteiger charge is 2.23. The number of nitrogens with zero attached hydrogens (tertiary/aromatic N) is 8. The van der Waals surface area contributed by atoms with Crippen molar-refractivity contribution in [2.45, 2.75) is 0 Å². The quantitative estimate of drug-likeness (QED) is 0.403. The van der Waals surface area contributed by atoms with E-state index in [0.717, 1.165) is 0 Å². The minimum atomic E-state index is -0.585. The summed E-state index contributed by atoms with van der Waals surface area (Å²) in [5.74, 6) is 0.107. The van der Waals surface area contributed by atoms with Gasteiger partial charge in [0.1, 0.15) is 11.6 Å². The van der Waals surface area contributed by atoms with E-state index in [4.69, 9.17) is 0 Å². The molecule has 2 aromatic carbocycles. The summed E-state index contributed by atoms with van der Waals surface area (Å²) in [7, 11) is 0. The number of hydrogen-bond donors (Lipinski definition) is 1. The molecule has 34 heavy (non-hydrogen) atoms. The van der Waals surface area contributed by atoms with E-state index < -0.39 is 11.4 Å². The summed E-state index contributed by atoms with van der Waals surface area (Å²) in [4.78, 5) is 17.6. The van der Waals surface area contributed by atoms with Crippen molar-refractivity contribution in [2.24, 2.45) is 10.2 Å². The van der Waals surface area contributed by atoms with Crippen LogP contribution < -0.4 is 5.56 Å². The van der Waals surface area contributed by atoms with Crippen LogP contribution in [0.2, 0.25) is 0 Å². The summed E-state index contributed by atoms with van der Waals surface area (Å²) >= 11 is 0. The molecule has 5 aromatic rings. The van der Waals surface area contributed by atoms with Crippen molar-refractivity contribution >= 4 is 11.5 Å². The van der Waals surface area contributed by atoms with Gasteiger partial charge in [0.25, 0.3) is 0 Å². The normalized spacial score (nSPS) is 11.0. The standard InChI is InChI=1S/C24H16N8O2/c25-15-17-16-27-30(20-13-7-8-14-26-20)22(17)29-28-21-23(33)31(18-9-3-1-4-10-18)32(24(21)34)19-11-5-2-6-12-19/h1-14,16,33H.